The lowest BCUT2D eigenvalue weighted by Crippen LogP contribution is -2.19. The lowest BCUT2D eigenvalue weighted by Gasteiger charge is -2.18. The second-order valence-electron chi connectivity index (χ2n) is 8.39. The van der Waals surface area contributed by atoms with Crippen LogP contribution in [0.3, 0.4) is 0 Å². The van der Waals surface area contributed by atoms with Crippen molar-refractivity contribution in [3.63, 3.8) is 0 Å². The minimum Gasteiger partial charge on any atom is -0.393 e. The van der Waals surface area contributed by atoms with Crippen molar-refractivity contribution < 1.29 is 30.6 Å². The standard InChI is InChI=1S/C22H46O6/c1-3-5-17(23)7-9-19(25)11-13-21(27)15-16-22(28)14-12-20(26)10-8-18(24)6-4-2/h17-28H,3-16H2,1-2H3. The maximum Gasteiger partial charge on any atom is 0.0542 e. The first-order valence-electron chi connectivity index (χ1n) is 11.4. The van der Waals surface area contributed by atoms with Crippen LogP contribution in [0.2, 0.25) is 0 Å². The molecule has 6 unspecified atom stereocenters. The highest BCUT2D eigenvalue weighted by Gasteiger charge is 2.15. The van der Waals surface area contributed by atoms with E-state index in [9.17, 15) is 30.6 Å². The molecule has 0 bridgehead atoms. The SMILES string of the molecule is CCCC(O)CCC(O)CCC(O)CCC(O)CCC(O)CCC(O)CCC. The van der Waals surface area contributed by atoms with Crippen LogP contribution >= 0.6 is 0 Å². The normalized spacial score (nSPS) is 18.4. The van der Waals surface area contributed by atoms with Crippen molar-refractivity contribution in [2.45, 2.75) is 140 Å². The zero-order valence-corrected chi connectivity index (χ0v) is 18.0. The van der Waals surface area contributed by atoms with Gasteiger partial charge in [-0.05, 0) is 77.0 Å². The van der Waals surface area contributed by atoms with Gasteiger partial charge in [-0.2, -0.15) is 0 Å². The predicted octanol–water partition coefficient (Wildman–Crippen LogP) is 2.65. The van der Waals surface area contributed by atoms with E-state index in [4.69, 9.17) is 0 Å². The molecule has 0 aliphatic carbocycles. The van der Waals surface area contributed by atoms with Gasteiger partial charge in [-0.15, -0.1) is 0 Å². The molecule has 28 heavy (non-hydrogen) atoms. The minimum atomic E-state index is -0.557. The van der Waals surface area contributed by atoms with Gasteiger partial charge in [-0.1, -0.05) is 26.7 Å². The van der Waals surface area contributed by atoms with Crippen LogP contribution in [-0.4, -0.2) is 67.3 Å². The van der Waals surface area contributed by atoms with Crippen molar-refractivity contribution in [1.82, 2.24) is 0 Å². The molecule has 0 spiro atoms. The van der Waals surface area contributed by atoms with Gasteiger partial charge in [0, 0.05) is 0 Å². The summed E-state index contributed by atoms with van der Waals surface area (Å²) in [6, 6.07) is 0. The van der Waals surface area contributed by atoms with Crippen LogP contribution in [0.5, 0.6) is 0 Å². The summed E-state index contributed by atoms with van der Waals surface area (Å²) >= 11 is 0. The molecule has 0 amide bonds. The quantitative estimate of drug-likeness (QED) is 0.196. The summed E-state index contributed by atoms with van der Waals surface area (Å²) in [5, 5.41) is 59.3. The largest absolute Gasteiger partial charge is 0.393 e. The molecule has 6 heteroatoms. The molecule has 6 N–H and O–H groups in total. The number of aliphatic hydroxyl groups excluding tert-OH is 6. The van der Waals surface area contributed by atoms with E-state index < -0.39 is 24.4 Å². The summed E-state index contributed by atoms with van der Waals surface area (Å²) < 4.78 is 0. The second kappa shape index (κ2) is 17.6. The Hall–Kier alpha value is -0.240. The average molecular weight is 407 g/mol. The monoisotopic (exact) mass is 406 g/mol. The Bertz CT molecular complexity index is 309. The van der Waals surface area contributed by atoms with Crippen LogP contribution in [0.1, 0.15) is 104 Å². The van der Waals surface area contributed by atoms with E-state index in [0.29, 0.717) is 64.2 Å². The lowest BCUT2D eigenvalue weighted by atomic mass is 9.97. The molecule has 0 aromatic rings. The average Bonchev–Trinajstić information content (AvgIpc) is 2.66. The van der Waals surface area contributed by atoms with Gasteiger partial charge in [-0.25, -0.2) is 0 Å². The van der Waals surface area contributed by atoms with Gasteiger partial charge in [0.15, 0.2) is 0 Å². The topological polar surface area (TPSA) is 121 Å². The lowest BCUT2D eigenvalue weighted by molar-refractivity contribution is 0.0643. The van der Waals surface area contributed by atoms with Gasteiger partial charge in [0.2, 0.25) is 0 Å². The van der Waals surface area contributed by atoms with Crippen molar-refractivity contribution in [2.75, 3.05) is 0 Å². The van der Waals surface area contributed by atoms with Crippen LogP contribution in [0.15, 0.2) is 0 Å². The molecule has 0 rings (SSSR count). The second-order valence-corrected chi connectivity index (χ2v) is 8.39. The Kier molecular flexibility index (Phi) is 17.5. The van der Waals surface area contributed by atoms with Gasteiger partial charge < -0.3 is 30.6 Å². The third-order valence-corrected chi connectivity index (χ3v) is 5.41. The highest BCUT2D eigenvalue weighted by molar-refractivity contribution is 4.68. The summed E-state index contributed by atoms with van der Waals surface area (Å²) in [5.74, 6) is 0. The molecular formula is C22H46O6. The van der Waals surface area contributed by atoms with E-state index in [0.717, 1.165) is 25.7 Å². The molecule has 0 aromatic carbocycles. The highest BCUT2D eigenvalue weighted by atomic mass is 16.3. The molecule has 0 aliphatic rings. The Morgan fingerprint density at radius 3 is 0.607 bits per heavy atom. The zero-order valence-electron chi connectivity index (χ0n) is 18.0. The van der Waals surface area contributed by atoms with Crippen molar-refractivity contribution in [3.05, 3.63) is 0 Å². The van der Waals surface area contributed by atoms with Gasteiger partial charge in [0.1, 0.15) is 0 Å². The Morgan fingerprint density at radius 1 is 0.321 bits per heavy atom. The maximum atomic E-state index is 10.0. The molecule has 6 atom stereocenters. The van der Waals surface area contributed by atoms with Gasteiger partial charge >= 0.3 is 0 Å². The van der Waals surface area contributed by atoms with Crippen LogP contribution in [0.25, 0.3) is 0 Å². The van der Waals surface area contributed by atoms with Gasteiger partial charge in [-0.3, -0.25) is 0 Å². The molecule has 0 heterocycles. The van der Waals surface area contributed by atoms with Crippen molar-refractivity contribution in [3.8, 4) is 0 Å². The van der Waals surface area contributed by atoms with Crippen LogP contribution in [-0.2, 0) is 0 Å². The number of hydrogen-bond acceptors (Lipinski definition) is 6. The van der Waals surface area contributed by atoms with E-state index in [1.165, 1.54) is 0 Å². The van der Waals surface area contributed by atoms with Crippen molar-refractivity contribution in [2.24, 2.45) is 0 Å². The van der Waals surface area contributed by atoms with E-state index in [-0.39, 0.29) is 12.2 Å². The number of aliphatic hydroxyl groups is 6. The smallest absolute Gasteiger partial charge is 0.0542 e. The van der Waals surface area contributed by atoms with E-state index in [1.54, 1.807) is 0 Å². The highest BCUT2D eigenvalue weighted by Crippen LogP contribution is 2.17. The number of hydrogen-bond donors (Lipinski definition) is 6. The van der Waals surface area contributed by atoms with E-state index >= 15 is 0 Å². The molecule has 0 aromatic heterocycles. The fourth-order valence-corrected chi connectivity index (χ4v) is 3.46. The Balaban J connectivity index is 3.75. The predicted molar refractivity (Wildman–Crippen MR) is 112 cm³/mol. The molecule has 0 aliphatic heterocycles. The molecule has 0 fully saturated rings. The Morgan fingerprint density at radius 2 is 0.464 bits per heavy atom. The minimum absolute atomic E-state index is 0.357. The van der Waals surface area contributed by atoms with Gasteiger partial charge in [0.25, 0.3) is 0 Å². The number of rotatable bonds is 19. The summed E-state index contributed by atoms with van der Waals surface area (Å²) in [6.45, 7) is 4.03. The summed E-state index contributed by atoms with van der Waals surface area (Å²) in [4.78, 5) is 0. The third kappa shape index (κ3) is 16.7. The van der Waals surface area contributed by atoms with Gasteiger partial charge in [0.05, 0.1) is 36.6 Å². The van der Waals surface area contributed by atoms with Crippen LogP contribution in [0.4, 0.5) is 0 Å². The van der Waals surface area contributed by atoms with Crippen molar-refractivity contribution in [1.29, 1.82) is 0 Å². The van der Waals surface area contributed by atoms with Crippen LogP contribution in [0, 0.1) is 0 Å². The maximum absolute atomic E-state index is 10.0. The molecule has 0 saturated carbocycles. The first-order valence-corrected chi connectivity index (χ1v) is 11.4. The fourth-order valence-electron chi connectivity index (χ4n) is 3.46. The van der Waals surface area contributed by atoms with E-state index in [1.807, 2.05) is 13.8 Å². The molecular weight excluding hydrogens is 360 g/mol. The third-order valence-electron chi connectivity index (χ3n) is 5.41. The molecule has 6 nitrogen and oxygen atoms in total. The first-order chi connectivity index (χ1) is 13.3. The summed E-state index contributed by atoms with van der Waals surface area (Å²) in [7, 11) is 0. The zero-order chi connectivity index (χ0) is 21.4. The Labute approximate surface area is 171 Å². The molecule has 170 valence electrons. The summed E-state index contributed by atoms with van der Waals surface area (Å²) in [5.41, 5.74) is 0. The van der Waals surface area contributed by atoms with Crippen LogP contribution < -0.4 is 0 Å². The molecule has 0 saturated heterocycles. The summed E-state index contributed by atoms with van der Waals surface area (Å²) in [6.07, 6.45) is 5.66. The van der Waals surface area contributed by atoms with Crippen molar-refractivity contribution >= 4 is 0 Å². The molecule has 0 radical (unpaired) electrons. The first kappa shape index (κ1) is 27.8. The fraction of sp³-hybridized carbons (Fsp3) is 1.00. The van der Waals surface area contributed by atoms with E-state index in [2.05, 4.69) is 0 Å².